The number of benzene rings is 2. The highest BCUT2D eigenvalue weighted by Crippen LogP contribution is 2.22. The molecule has 0 radical (unpaired) electrons. The minimum atomic E-state index is -3.44. The molecule has 3 aromatic rings. The first-order valence-corrected chi connectivity index (χ1v) is 12.3. The Morgan fingerprint density at radius 2 is 1.80 bits per heavy atom. The second-order valence-electron chi connectivity index (χ2n) is 7.14. The molecule has 2 aromatic carbocycles. The third-order valence-corrected chi connectivity index (χ3v) is 8.06. The van der Waals surface area contributed by atoms with E-state index >= 15 is 0 Å². The van der Waals surface area contributed by atoms with Crippen LogP contribution in [0.25, 0.3) is 0 Å². The molecule has 1 saturated heterocycles. The van der Waals surface area contributed by atoms with Crippen LogP contribution in [0.15, 0.2) is 59.5 Å². The van der Waals surface area contributed by atoms with Crippen LogP contribution in [0, 0.1) is 10.9 Å². The number of aryl methyl sites for hydroxylation is 1. The Hall–Kier alpha value is -2.11. The fourth-order valence-corrected chi connectivity index (χ4v) is 5.79. The topological polar surface area (TPSA) is 70.5 Å². The Morgan fingerprint density at radius 1 is 1.07 bits per heavy atom. The summed E-state index contributed by atoms with van der Waals surface area (Å²) in [5.41, 5.74) is 2.15. The average molecular weight is 462 g/mol. The first-order chi connectivity index (χ1) is 14.4. The highest BCUT2D eigenvalue weighted by Gasteiger charge is 2.28. The number of anilines is 2. The van der Waals surface area contributed by atoms with Gasteiger partial charge in [0.15, 0.2) is 3.95 Å². The van der Waals surface area contributed by atoms with Gasteiger partial charge < -0.3 is 5.32 Å². The molecule has 158 valence electrons. The van der Waals surface area contributed by atoms with Gasteiger partial charge in [-0.2, -0.15) is 4.31 Å². The summed E-state index contributed by atoms with van der Waals surface area (Å²) in [5, 5.41) is 8.64. The molecule has 1 aliphatic heterocycles. The van der Waals surface area contributed by atoms with Crippen LogP contribution in [-0.2, 0) is 16.7 Å². The average Bonchev–Trinajstić information content (AvgIpc) is 3.07. The van der Waals surface area contributed by atoms with Gasteiger partial charge in [-0.05, 0) is 49.0 Å². The van der Waals surface area contributed by atoms with Crippen LogP contribution >= 0.6 is 23.6 Å². The van der Waals surface area contributed by atoms with Crippen molar-refractivity contribution in [2.24, 2.45) is 0 Å². The highest BCUT2D eigenvalue weighted by atomic mass is 32.2. The van der Waals surface area contributed by atoms with Crippen LogP contribution in [0.3, 0.4) is 0 Å². The number of aromatic nitrogens is 2. The largest absolute Gasteiger partial charge is 0.330 e. The van der Waals surface area contributed by atoms with Crippen LogP contribution < -0.4 is 5.32 Å². The quantitative estimate of drug-likeness (QED) is 0.565. The molecule has 0 atom stereocenters. The molecule has 1 aliphatic rings. The Morgan fingerprint density at radius 3 is 2.50 bits per heavy atom. The molecule has 2 heterocycles. The second-order valence-corrected chi connectivity index (χ2v) is 10.7. The molecule has 7 nitrogen and oxygen atoms in total. The fraction of sp³-hybridized carbons (Fsp3) is 0.300. The predicted octanol–water partition coefficient (Wildman–Crippen LogP) is 3.69. The maximum atomic E-state index is 12.8. The van der Waals surface area contributed by atoms with E-state index in [0.717, 1.165) is 10.8 Å². The van der Waals surface area contributed by atoms with Crippen molar-refractivity contribution in [3.63, 3.8) is 0 Å². The Balaban J connectivity index is 1.37. The zero-order chi connectivity index (χ0) is 21.1. The molecule has 30 heavy (non-hydrogen) atoms. The molecule has 10 heteroatoms. The lowest BCUT2D eigenvalue weighted by atomic mass is 10.2. The lowest BCUT2D eigenvalue weighted by Gasteiger charge is -2.33. The summed E-state index contributed by atoms with van der Waals surface area (Å²) in [6.07, 6.45) is 0. The molecule has 4 rings (SSSR count). The molecule has 0 unspecified atom stereocenters. The number of nitrogens with one attached hydrogen (secondary N) is 1. The van der Waals surface area contributed by atoms with E-state index < -0.39 is 10.0 Å². The fourth-order valence-electron chi connectivity index (χ4n) is 3.33. The van der Waals surface area contributed by atoms with Gasteiger partial charge >= 0.3 is 0 Å². The minimum Gasteiger partial charge on any atom is -0.330 e. The van der Waals surface area contributed by atoms with Gasteiger partial charge in [0, 0.05) is 31.9 Å². The summed E-state index contributed by atoms with van der Waals surface area (Å²) >= 11 is 6.90. The van der Waals surface area contributed by atoms with Crippen molar-refractivity contribution in [2.45, 2.75) is 18.5 Å². The van der Waals surface area contributed by atoms with E-state index in [-0.39, 0.29) is 0 Å². The number of hydrogen-bond acceptors (Lipinski definition) is 7. The van der Waals surface area contributed by atoms with Gasteiger partial charge in [0.2, 0.25) is 15.2 Å². The summed E-state index contributed by atoms with van der Waals surface area (Å²) in [4.78, 5) is 2.51. The molecular weight excluding hydrogens is 438 g/mol. The van der Waals surface area contributed by atoms with E-state index in [2.05, 4.69) is 21.4 Å². The predicted molar refractivity (Wildman–Crippen MR) is 122 cm³/mol. The van der Waals surface area contributed by atoms with Crippen LogP contribution in [0.5, 0.6) is 0 Å². The van der Waals surface area contributed by atoms with Crippen LogP contribution in [0.1, 0.15) is 5.56 Å². The van der Waals surface area contributed by atoms with Crippen molar-refractivity contribution in [1.29, 1.82) is 0 Å². The van der Waals surface area contributed by atoms with Crippen molar-refractivity contribution in [3.8, 4) is 0 Å². The highest BCUT2D eigenvalue weighted by molar-refractivity contribution is 7.89. The van der Waals surface area contributed by atoms with Gasteiger partial charge in [-0.3, -0.25) is 4.90 Å². The molecule has 0 aliphatic carbocycles. The van der Waals surface area contributed by atoms with E-state index in [0.29, 0.717) is 41.7 Å². The standard InChI is InChI=1S/C20H23N5O2S3/c1-16-6-5-7-17(14-16)21-19-22-25(20(28)29-19)15-23-10-12-24(13-11-23)30(26,27)18-8-3-2-4-9-18/h2-9,14H,10-13,15H2,1H3,(H,21,22). The lowest BCUT2D eigenvalue weighted by molar-refractivity contribution is 0.145. The van der Waals surface area contributed by atoms with Crippen molar-refractivity contribution in [1.82, 2.24) is 19.0 Å². The zero-order valence-electron chi connectivity index (χ0n) is 16.6. The van der Waals surface area contributed by atoms with Gasteiger partial charge in [0.1, 0.15) is 0 Å². The number of rotatable bonds is 6. The van der Waals surface area contributed by atoms with E-state index in [9.17, 15) is 8.42 Å². The van der Waals surface area contributed by atoms with Crippen molar-refractivity contribution >= 4 is 44.4 Å². The minimum absolute atomic E-state index is 0.340. The third-order valence-electron chi connectivity index (χ3n) is 4.92. The molecule has 1 aromatic heterocycles. The molecule has 0 saturated carbocycles. The second kappa shape index (κ2) is 8.94. The van der Waals surface area contributed by atoms with Crippen molar-refractivity contribution in [3.05, 3.63) is 64.1 Å². The van der Waals surface area contributed by atoms with E-state index in [1.54, 1.807) is 33.3 Å². The first-order valence-electron chi connectivity index (χ1n) is 9.61. The molecular formula is C20H23N5O2S3. The molecule has 0 bridgehead atoms. The normalized spacial score (nSPS) is 15.9. The number of hydrogen-bond donors (Lipinski definition) is 1. The van der Waals surface area contributed by atoms with Gasteiger partial charge in [-0.25, -0.2) is 13.1 Å². The summed E-state index contributed by atoms with van der Waals surface area (Å²) < 4.78 is 29.6. The Kier molecular flexibility index (Phi) is 6.30. The van der Waals surface area contributed by atoms with Crippen LogP contribution in [0.2, 0.25) is 0 Å². The number of sulfonamides is 1. The zero-order valence-corrected chi connectivity index (χ0v) is 19.0. The van der Waals surface area contributed by atoms with Gasteiger partial charge in [0.05, 0.1) is 11.6 Å². The molecule has 1 N–H and O–H groups in total. The lowest BCUT2D eigenvalue weighted by Crippen LogP contribution is -2.48. The molecule has 0 spiro atoms. The Bertz CT molecular complexity index is 1170. The van der Waals surface area contributed by atoms with E-state index in [1.165, 1.54) is 16.9 Å². The Labute approximate surface area is 185 Å². The first kappa shape index (κ1) is 21.1. The SMILES string of the molecule is Cc1cccc(Nc2nn(CN3CCN(S(=O)(=O)c4ccccc4)CC3)c(=S)s2)c1. The third kappa shape index (κ3) is 4.79. The maximum Gasteiger partial charge on any atom is 0.243 e. The molecule has 0 amide bonds. The summed E-state index contributed by atoms with van der Waals surface area (Å²) in [6.45, 7) is 4.75. The summed E-state index contributed by atoms with van der Waals surface area (Å²) in [6, 6.07) is 16.7. The van der Waals surface area contributed by atoms with Crippen molar-refractivity contribution in [2.75, 3.05) is 31.5 Å². The van der Waals surface area contributed by atoms with Crippen LogP contribution in [-0.4, -0.2) is 53.6 Å². The monoisotopic (exact) mass is 461 g/mol. The number of piperazine rings is 1. The van der Waals surface area contributed by atoms with Crippen molar-refractivity contribution < 1.29 is 8.42 Å². The van der Waals surface area contributed by atoms with Gasteiger partial charge in [-0.15, -0.1) is 5.10 Å². The summed E-state index contributed by atoms with van der Waals surface area (Å²) in [5.74, 6) is 0. The van der Waals surface area contributed by atoms with E-state index in [4.69, 9.17) is 12.2 Å². The van der Waals surface area contributed by atoms with E-state index in [1.807, 2.05) is 31.2 Å². The number of nitrogens with zero attached hydrogens (tertiary/aromatic N) is 4. The van der Waals surface area contributed by atoms with Gasteiger partial charge in [0.25, 0.3) is 0 Å². The maximum absolute atomic E-state index is 12.8. The summed E-state index contributed by atoms with van der Waals surface area (Å²) in [7, 11) is -3.44. The molecule has 1 fully saturated rings. The van der Waals surface area contributed by atoms with Gasteiger partial charge in [-0.1, -0.05) is 41.7 Å². The smallest absolute Gasteiger partial charge is 0.243 e. The van der Waals surface area contributed by atoms with Crippen LogP contribution in [0.4, 0.5) is 10.8 Å².